The summed E-state index contributed by atoms with van der Waals surface area (Å²) in [5, 5.41) is 6.57. The van der Waals surface area contributed by atoms with Crippen LogP contribution in [0.5, 0.6) is 0 Å². The molecule has 0 N–H and O–H groups in total. The van der Waals surface area contributed by atoms with E-state index in [0.717, 1.165) is 105 Å². The van der Waals surface area contributed by atoms with E-state index >= 15 is 0 Å². The van der Waals surface area contributed by atoms with Crippen LogP contribution in [-0.2, 0) is 0 Å². The van der Waals surface area contributed by atoms with E-state index in [2.05, 4.69) is 133 Å². The number of hydrogen-bond acceptors (Lipinski definition) is 4. The Hall–Kier alpha value is -6.98. The second-order valence-electron chi connectivity index (χ2n) is 13.4. The molecule has 7 aromatic carbocycles. The van der Waals surface area contributed by atoms with Crippen molar-refractivity contribution in [2.75, 3.05) is 0 Å². The fourth-order valence-corrected chi connectivity index (χ4v) is 8.01. The number of fused-ring (bicyclic) bond motifs is 10. The summed E-state index contributed by atoms with van der Waals surface area (Å²) in [6.45, 7) is 2.12. The third-order valence-corrected chi connectivity index (χ3v) is 10.4. The summed E-state index contributed by atoms with van der Waals surface area (Å²) in [5.74, 6) is 1.41. The van der Waals surface area contributed by atoms with Crippen molar-refractivity contribution in [2.24, 2.45) is 0 Å². The molecule has 11 aromatic rings. The van der Waals surface area contributed by atoms with Crippen LogP contribution in [-0.4, -0.2) is 14.5 Å². The Morgan fingerprint density at radius 1 is 0.481 bits per heavy atom. The first kappa shape index (κ1) is 28.8. The lowest BCUT2D eigenvalue weighted by atomic mass is 9.96. The summed E-state index contributed by atoms with van der Waals surface area (Å²) in [7, 11) is 0. The van der Waals surface area contributed by atoms with Crippen molar-refractivity contribution in [3.63, 3.8) is 0 Å². The summed E-state index contributed by atoms with van der Waals surface area (Å²) in [6, 6.07) is 54.6. The van der Waals surface area contributed by atoms with Crippen LogP contribution in [0.4, 0.5) is 0 Å². The Bertz CT molecular complexity index is 3190. The number of nitrogens with zero attached hydrogens (tertiary/aromatic N) is 3. The monoisotopic (exact) mass is 667 g/mol. The molecule has 0 unspecified atom stereocenters. The largest absolute Gasteiger partial charge is 0.456 e. The molecule has 0 aliphatic heterocycles. The van der Waals surface area contributed by atoms with Crippen LogP contribution < -0.4 is 0 Å². The molecule has 52 heavy (non-hydrogen) atoms. The molecule has 5 heteroatoms. The molecule has 11 rings (SSSR count). The van der Waals surface area contributed by atoms with Gasteiger partial charge in [-0.15, -0.1) is 0 Å². The first-order chi connectivity index (χ1) is 25.7. The Morgan fingerprint density at radius 3 is 1.90 bits per heavy atom. The molecule has 4 aromatic heterocycles. The number of aromatic nitrogens is 3. The zero-order valence-electron chi connectivity index (χ0n) is 28.2. The molecule has 5 nitrogen and oxygen atoms in total. The SMILES string of the molecule is Cc1c(-c2ccccc2)nc(-c2cc(-c3ccccc3)c3c(c2)oc2ccccc23)nc1-n1c2ccccc2c2ccc3c4ccccc4oc3c21. The number of hydrogen-bond donors (Lipinski definition) is 0. The third-order valence-electron chi connectivity index (χ3n) is 10.4. The predicted molar refractivity (Wildman–Crippen MR) is 212 cm³/mol. The van der Waals surface area contributed by atoms with Crippen molar-refractivity contribution in [2.45, 2.75) is 6.92 Å². The summed E-state index contributed by atoms with van der Waals surface area (Å²) in [5.41, 5.74) is 11.3. The maximum atomic E-state index is 6.69. The highest BCUT2D eigenvalue weighted by Crippen LogP contribution is 2.43. The molecule has 0 saturated carbocycles. The molecular weight excluding hydrogens is 639 g/mol. The zero-order chi connectivity index (χ0) is 34.3. The van der Waals surface area contributed by atoms with Gasteiger partial charge in [0.25, 0.3) is 0 Å². The van der Waals surface area contributed by atoms with E-state index in [1.165, 1.54) is 0 Å². The first-order valence-corrected chi connectivity index (χ1v) is 17.5. The number of furan rings is 2. The van der Waals surface area contributed by atoms with Gasteiger partial charge in [-0.2, -0.15) is 0 Å². The minimum atomic E-state index is 0.613. The number of rotatable bonds is 4. The van der Waals surface area contributed by atoms with Gasteiger partial charge in [-0.25, -0.2) is 9.97 Å². The van der Waals surface area contributed by atoms with Crippen LogP contribution in [0.1, 0.15) is 5.56 Å². The van der Waals surface area contributed by atoms with E-state index in [1.807, 2.05) is 36.4 Å². The van der Waals surface area contributed by atoms with Gasteiger partial charge < -0.3 is 8.83 Å². The van der Waals surface area contributed by atoms with Crippen LogP contribution in [0.25, 0.3) is 105 Å². The van der Waals surface area contributed by atoms with Crippen molar-refractivity contribution in [3.8, 4) is 39.6 Å². The molecule has 0 saturated heterocycles. The van der Waals surface area contributed by atoms with Crippen molar-refractivity contribution in [3.05, 3.63) is 163 Å². The number of benzene rings is 7. The van der Waals surface area contributed by atoms with Gasteiger partial charge in [-0.05, 0) is 54.4 Å². The van der Waals surface area contributed by atoms with Gasteiger partial charge in [-0.3, -0.25) is 4.57 Å². The minimum Gasteiger partial charge on any atom is -0.456 e. The Labute approximate surface area is 298 Å². The maximum absolute atomic E-state index is 6.69. The molecule has 0 aliphatic carbocycles. The van der Waals surface area contributed by atoms with E-state index in [-0.39, 0.29) is 0 Å². The second-order valence-corrected chi connectivity index (χ2v) is 13.4. The molecule has 0 amide bonds. The lowest BCUT2D eigenvalue weighted by molar-refractivity contribution is 0.669. The van der Waals surface area contributed by atoms with Gasteiger partial charge in [0.2, 0.25) is 0 Å². The average Bonchev–Trinajstić information content (AvgIpc) is 3.88. The van der Waals surface area contributed by atoms with E-state index in [1.54, 1.807) is 0 Å². The number of para-hydroxylation sites is 3. The summed E-state index contributed by atoms with van der Waals surface area (Å²) in [6.07, 6.45) is 0. The summed E-state index contributed by atoms with van der Waals surface area (Å²) in [4.78, 5) is 10.8. The average molecular weight is 668 g/mol. The van der Waals surface area contributed by atoms with E-state index in [0.29, 0.717) is 5.82 Å². The second kappa shape index (κ2) is 11.0. The molecule has 4 heterocycles. The first-order valence-electron chi connectivity index (χ1n) is 17.5. The van der Waals surface area contributed by atoms with Gasteiger partial charge in [-0.1, -0.05) is 121 Å². The molecule has 0 fully saturated rings. The van der Waals surface area contributed by atoms with Crippen LogP contribution >= 0.6 is 0 Å². The van der Waals surface area contributed by atoms with Gasteiger partial charge in [0, 0.05) is 49.0 Å². The highest BCUT2D eigenvalue weighted by Gasteiger charge is 2.24. The Morgan fingerprint density at radius 2 is 1.12 bits per heavy atom. The zero-order valence-corrected chi connectivity index (χ0v) is 28.2. The predicted octanol–water partition coefficient (Wildman–Crippen LogP) is 12.7. The Balaban J connectivity index is 1.27. The fourth-order valence-electron chi connectivity index (χ4n) is 8.01. The standard InChI is InChI=1S/C47H29N3O2/c1-28-43(30-16-6-3-7-17-30)48-46(31-26-37(29-14-4-2-5-15-29)42-36-20-10-13-23-40(36)51-41(42)27-31)49-47(28)50-38-21-11-8-18-32(38)34-24-25-35-33-19-9-12-22-39(33)52-45(35)44(34)50/h2-27H,1H3. The molecular formula is C47H29N3O2. The minimum absolute atomic E-state index is 0.613. The Kier molecular flexibility index (Phi) is 6.10. The normalized spacial score (nSPS) is 11.9. The maximum Gasteiger partial charge on any atom is 0.162 e. The molecule has 0 atom stereocenters. The van der Waals surface area contributed by atoms with Crippen molar-refractivity contribution >= 4 is 65.7 Å². The molecule has 0 radical (unpaired) electrons. The van der Waals surface area contributed by atoms with Gasteiger partial charge >= 0.3 is 0 Å². The van der Waals surface area contributed by atoms with Gasteiger partial charge in [0.15, 0.2) is 11.4 Å². The van der Waals surface area contributed by atoms with E-state index in [9.17, 15) is 0 Å². The third kappa shape index (κ3) is 4.17. The van der Waals surface area contributed by atoms with E-state index < -0.39 is 0 Å². The molecule has 0 aliphatic rings. The topological polar surface area (TPSA) is 57.0 Å². The summed E-state index contributed by atoms with van der Waals surface area (Å²) >= 11 is 0. The van der Waals surface area contributed by atoms with Crippen LogP contribution in [0.3, 0.4) is 0 Å². The van der Waals surface area contributed by atoms with Crippen molar-refractivity contribution < 1.29 is 8.83 Å². The van der Waals surface area contributed by atoms with Crippen molar-refractivity contribution in [1.82, 2.24) is 14.5 Å². The van der Waals surface area contributed by atoms with Gasteiger partial charge in [0.1, 0.15) is 22.6 Å². The summed E-state index contributed by atoms with van der Waals surface area (Å²) < 4.78 is 15.5. The molecule has 244 valence electrons. The quantitative estimate of drug-likeness (QED) is 0.187. The smallest absolute Gasteiger partial charge is 0.162 e. The molecule has 0 bridgehead atoms. The van der Waals surface area contributed by atoms with Crippen molar-refractivity contribution in [1.29, 1.82) is 0 Å². The molecule has 0 spiro atoms. The fraction of sp³-hybridized carbons (Fsp3) is 0.0213. The highest BCUT2D eigenvalue weighted by atomic mass is 16.3. The highest BCUT2D eigenvalue weighted by molar-refractivity contribution is 6.21. The van der Waals surface area contributed by atoms with Crippen LogP contribution in [0.2, 0.25) is 0 Å². The van der Waals surface area contributed by atoms with E-state index in [4.69, 9.17) is 18.8 Å². The van der Waals surface area contributed by atoms with Crippen LogP contribution in [0.15, 0.2) is 167 Å². The lowest BCUT2D eigenvalue weighted by Crippen LogP contribution is -2.06. The lowest BCUT2D eigenvalue weighted by Gasteiger charge is -2.16. The van der Waals surface area contributed by atoms with Gasteiger partial charge in [0.05, 0.1) is 16.7 Å². The van der Waals surface area contributed by atoms with Crippen LogP contribution in [0, 0.1) is 6.92 Å².